The summed E-state index contributed by atoms with van der Waals surface area (Å²) in [5.74, 6) is 0.670. The average molecular weight is 550 g/mol. The van der Waals surface area contributed by atoms with E-state index in [4.69, 9.17) is 0 Å². The third kappa shape index (κ3) is 9.77. The fourth-order valence-corrected chi connectivity index (χ4v) is 2.78. The van der Waals surface area contributed by atoms with Crippen LogP contribution in [0.15, 0.2) is 47.5 Å². The monoisotopic (exact) mass is 550 g/mol. The molecule has 0 unspecified atom stereocenters. The highest BCUT2D eigenvalue weighted by atomic mass is 127. The summed E-state index contributed by atoms with van der Waals surface area (Å²) in [7, 11) is 5.74. The average Bonchev–Trinajstić information content (AvgIpc) is 2.69. The van der Waals surface area contributed by atoms with Gasteiger partial charge in [0.25, 0.3) is 0 Å². The van der Waals surface area contributed by atoms with Crippen molar-refractivity contribution in [1.82, 2.24) is 10.6 Å². The van der Waals surface area contributed by atoms with Crippen LogP contribution >= 0.6 is 24.0 Å². The Bertz CT molecular complexity index is 840. The molecule has 2 aromatic rings. The minimum Gasteiger partial charge on any atom is -0.378 e. The maximum absolute atomic E-state index is 12.1. The molecular weight excluding hydrogens is 520 g/mol. The minimum absolute atomic E-state index is 0. The van der Waals surface area contributed by atoms with Gasteiger partial charge >= 0.3 is 6.18 Å². The van der Waals surface area contributed by atoms with Gasteiger partial charge in [-0.05, 0) is 41.3 Å². The topological polar surface area (TPSA) is 48.9 Å². The van der Waals surface area contributed by atoms with E-state index in [1.807, 2.05) is 26.2 Å². The van der Waals surface area contributed by atoms with E-state index in [9.17, 15) is 13.2 Å². The SMILES string of the molecule is CN=C(NCc1ccc(COCC(F)(F)F)cc1)NCc1ccc(N(C)C)cc1C.I. The number of benzene rings is 2. The van der Waals surface area contributed by atoms with Gasteiger partial charge in [0.15, 0.2) is 5.96 Å². The van der Waals surface area contributed by atoms with Crippen molar-refractivity contribution in [2.45, 2.75) is 32.8 Å². The minimum atomic E-state index is -4.31. The number of alkyl halides is 3. The highest BCUT2D eigenvalue weighted by Gasteiger charge is 2.27. The Morgan fingerprint density at radius 1 is 1.00 bits per heavy atom. The molecule has 172 valence electrons. The number of nitrogens with zero attached hydrogens (tertiary/aromatic N) is 2. The normalized spacial score (nSPS) is 11.6. The quantitative estimate of drug-likeness (QED) is 0.286. The van der Waals surface area contributed by atoms with Crippen molar-refractivity contribution in [2.24, 2.45) is 4.99 Å². The summed E-state index contributed by atoms with van der Waals surface area (Å²) in [6, 6.07) is 13.6. The Labute approximate surface area is 199 Å². The molecule has 0 saturated heterocycles. The van der Waals surface area contributed by atoms with Crippen molar-refractivity contribution in [3.8, 4) is 0 Å². The van der Waals surface area contributed by atoms with Gasteiger partial charge < -0.3 is 20.3 Å². The molecule has 0 spiro atoms. The molecule has 2 aromatic carbocycles. The predicted octanol–water partition coefficient (Wildman–Crippen LogP) is 4.62. The van der Waals surface area contributed by atoms with Gasteiger partial charge in [0.2, 0.25) is 0 Å². The molecule has 0 heterocycles. The Balaban J connectivity index is 0.00000480. The first-order valence-corrected chi connectivity index (χ1v) is 9.61. The molecule has 0 radical (unpaired) electrons. The first-order valence-electron chi connectivity index (χ1n) is 9.61. The van der Waals surface area contributed by atoms with E-state index in [2.05, 4.69) is 50.4 Å². The number of aliphatic imine (C=N–C) groups is 1. The number of hydrogen-bond donors (Lipinski definition) is 2. The number of hydrogen-bond acceptors (Lipinski definition) is 3. The first-order chi connectivity index (χ1) is 14.2. The fourth-order valence-electron chi connectivity index (χ4n) is 2.78. The Hall–Kier alpha value is -2.01. The van der Waals surface area contributed by atoms with Gasteiger partial charge in [-0.15, -0.1) is 24.0 Å². The number of nitrogens with one attached hydrogen (secondary N) is 2. The highest BCUT2D eigenvalue weighted by Crippen LogP contribution is 2.17. The van der Waals surface area contributed by atoms with E-state index < -0.39 is 12.8 Å². The molecule has 0 aliphatic heterocycles. The lowest BCUT2D eigenvalue weighted by molar-refractivity contribution is -0.176. The second kappa shape index (κ2) is 12.7. The molecule has 0 aromatic heterocycles. The number of aryl methyl sites for hydroxylation is 1. The van der Waals surface area contributed by atoms with Crippen LogP contribution in [-0.2, 0) is 24.4 Å². The summed E-state index contributed by atoms with van der Waals surface area (Å²) >= 11 is 0. The van der Waals surface area contributed by atoms with Crippen molar-refractivity contribution in [2.75, 3.05) is 32.6 Å². The molecule has 2 N–H and O–H groups in total. The Morgan fingerprint density at radius 3 is 2.16 bits per heavy atom. The maximum Gasteiger partial charge on any atom is 0.411 e. The van der Waals surface area contributed by atoms with Crippen molar-refractivity contribution in [3.05, 3.63) is 64.7 Å². The van der Waals surface area contributed by atoms with Crippen LogP contribution in [0.2, 0.25) is 0 Å². The van der Waals surface area contributed by atoms with Gasteiger partial charge in [0, 0.05) is 39.9 Å². The van der Waals surface area contributed by atoms with Gasteiger partial charge in [0.1, 0.15) is 6.61 Å². The summed E-state index contributed by atoms with van der Waals surface area (Å²) in [5, 5.41) is 6.54. The van der Waals surface area contributed by atoms with Crippen molar-refractivity contribution < 1.29 is 17.9 Å². The van der Waals surface area contributed by atoms with Crippen LogP contribution in [0.1, 0.15) is 22.3 Å². The smallest absolute Gasteiger partial charge is 0.378 e. The van der Waals surface area contributed by atoms with Crippen LogP contribution in [0.3, 0.4) is 0 Å². The second-order valence-electron chi connectivity index (χ2n) is 7.21. The Kier molecular flexibility index (Phi) is 11.1. The van der Waals surface area contributed by atoms with E-state index in [0.29, 0.717) is 24.6 Å². The number of anilines is 1. The van der Waals surface area contributed by atoms with Gasteiger partial charge in [-0.2, -0.15) is 13.2 Å². The first kappa shape index (κ1) is 27.0. The summed E-state index contributed by atoms with van der Waals surface area (Å²) in [5.41, 5.74) is 5.23. The van der Waals surface area contributed by atoms with Crippen LogP contribution in [0.4, 0.5) is 18.9 Å². The Morgan fingerprint density at radius 2 is 1.61 bits per heavy atom. The predicted molar refractivity (Wildman–Crippen MR) is 130 cm³/mol. The van der Waals surface area contributed by atoms with Crippen LogP contribution in [0, 0.1) is 6.92 Å². The van der Waals surface area contributed by atoms with E-state index in [0.717, 1.165) is 11.3 Å². The third-order valence-corrected chi connectivity index (χ3v) is 4.53. The maximum atomic E-state index is 12.1. The van der Waals surface area contributed by atoms with Crippen molar-refractivity contribution >= 4 is 35.6 Å². The highest BCUT2D eigenvalue weighted by molar-refractivity contribution is 14.0. The molecule has 0 bridgehead atoms. The lowest BCUT2D eigenvalue weighted by atomic mass is 10.1. The summed E-state index contributed by atoms with van der Waals surface area (Å²) in [6.07, 6.45) is -4.31. The lowest BCUT2D eigenvalue weighted by Gasteiger charge is -2.16. The van der Waals surface area contributed by atoms with Gasteiger partial charge in [-0.25, -0.2) is 0 Å². The molecule has 9 heteroatoms. The molecule has 0 saturated carbocycles. The molecular formula is C22H30F3IN4O. The standard InChI is InChI=1S/C22H29F3N4O.HI/c1-16-11-20(29(3)4)10-9-19(16)13-28-21(26-2)27-12-17-5-7-18(8-6-17)14-30-15-22(23,24)25;/h5-11H,12-15H2,1-4H3,(H2,26,27,28);1H. The summed E-state index contributed by atoms with van der Waals surface area (Å²) in [4.78, 5) is 6.30. The van der Waals surface area contributed by atoms with Gasteiger partial charge in [0.05, 0.1) is 6.61 Å². The summed E-state index contributed by atoms with van der Waals surface area (Å²) in [6.45, 7) is 1.97. The van der Waals surface area contributed by atoms with Gasteiger partial charge in [-0.1, -0.05) is 30.3 Å². The van der Waals surface area contributed by atoms with Crippen molar-refractivity contribution in [3.63, 3.8) is 0 Å². The molecule has 0 aliphatic rings. The van der Waals surface area contributed by atoms with Crippen LogP contribution in [-0.4, -0.2) is 39.9 Å². The third-order valence-electron chi connectivity index (χ3n) is 4.53. The molecule has 5 nitrogen and oxygen atoms in total. The molecule has 0 aliphatic carbocycles. The van der Waals surface area contributed by atoms with Crippen molar-refractivity contribution in [1.29, 1.82) is 0 Å². The lowest BCUT2D eigenvalue weighted by Crippen LogP contribution is -2.36. The number of ether oxygens (including phenoxy) is 1. The number of rotatable bonds is 8. The number of guanidine groups is 1. The second-order valence-corrected chi connectivity index (χ2v) is 7.21. The van der Waals surface area contributed by atoms with Gasteiger partial charge in [-0.3, -0.25) is 4.99 Å². The molecule has 2 rings (SSSR count). The fraction of sp³-hybridized carbons (Fsp3) is 0.409. The van der Waals surface area contributed by atoms with Crippen LogP contribution in [0.25, 0.3) is 0 Å². The van der Waals surface area contributed by atoms with E-state index >= 15 is 0 Å². The molecule has 0 fully saturated rings. The van der Waals surface area contributed by atoms with E-state index in [1.54, 1.807) is 19.2 Å². The van der Waals surface area contributed by atoms with E-state index in [1.165, 1.54) is 11.1 Å². The molecule has 31 heavy (non-hydrogen) atoms. The van der Waals surface area contributed by atoms with Crippen LogP contribution in [0.5, 0.6) is 0 Å². The zero-order chi connectivity index (χ0) is 22.1. The zero-order valence-corrected chi connectivity index (χ0v) is 20.5. The van der Waals surface area contributed by atoms with Crippen LogP contribution < -0.4 is 15.5 Å². The molecule has 0 atom stereocenters. The summed E-state index contributed by atoms with van der Waals surface area (Å²) < 4.78 is 41.0. The molecule has 0 amide bonds. The largest absolute Gasteiger partial charge is 0.411 e. The zero-order valence-electron chi connectivity index (χ0n) is 18.2. The van der Waals surface area contributed by atoms with E-state index in [-0.39, 0.29) is 30.6 Å². The number of halogens is 4.